The van der Waals surface area contributed by atoms with Gasteiger partial charge in [0.1, 0.15) is 0 Å². The minimum Gasteiger partial charge on any atom is -0.453 e. The molecule has 0 aromatic heterocycles. The number of fused-ring (bicyclic) bond motifs is 1. The van der Waals surface area contributed by atoms with Gasteiger partial charge in [0.05, 0.1) is 4.92 Å². The molecule has 1 aromatic rings. The molecule has 0 amide bonds. The van der Waals surface area contributed by atoms with Crippen LogP contribution >= 0.6 is 0 Å². The summed E-state index contributed by atoms with van der Waals surface area (Å²) in [5.41, 5.74) is 6.63. The standard InChI is InChI=1S/C11H12N2O4/c12-8-1-6(2-8)7-3-9(13(14)15)11-10(4-7)16-5-17-11/h3-4,6,8H,1-2,5,12H2. The third-order valence-electron chi connectivity index (χ3n) is 3.32. The maximum atomic E-state index is 11.0. The molecule has 0 bridgehead atoms. The van der Waals surface area contributed by atoms with E-state index in [1.807, 2.05) is 6.07 Å². The Balaban J connectivity index is 2.01. The van der Waals surface area contributed by atoms with Crippen LogP contribution in [-0.4, -0.2) is 17.8 Å². The highest BCUT2D eigenvalue weighted by Gasteiger charge is 2.33. The summed E-state index contributed by atoms with van der Waals surface area (Å²) in [6.07, 6.45) is 1.74. The summed E-state index contributed by atoms with van der Waals surface area (Å²) in [6.45, 7) is 0.0454. The third kappa shape index (κ3) is 1.61. The van der Waals surface area contributed by atoms with Crippen molar-refractivity contribution in [2.45, 2.75) is 24.8 Å². The second kappa shape index (κ2) is 3.59. The molecule has 2 aliphatic rings. The van der Waals surface area contributed by atoms with Crippen molar-refractivity contribution >= 4 is 5.69 Å². The minimum atomic E-state index is -0.435. The molecule has 3 rings (SSSR count). The van der Waals surface area contributed by atoms with E-state index in [1.165, 1.54) is 0 Å². The molecule has 2 N–H and O–H groups in total. The lowest BCUT2D eigenvalue weighted by Crippen LogP contribution is -2.34. The summed E-state index contributed by atoms with van der Waals surface area (Å²) in [6, 6.07) is 3.61. The molecule has 1 aliphatic heterocycles. The molecule has 1 heterocycles. The van der Waals surface area contributed by atoms with E-state index in [-0.39, 0.29) is 24.3 Å². The average molecular weight is 236 g/mol. The van der Waals surface area contributed by atoms with Crippen molar-refractivity contribution in [3.63, 3.8) is 0 Å². The van der Waals surface area contributed by atoms with Gasteiger partial charge in [0, 0.05) is 12.1 Å². The highest BCUT2D eigenvalue weighted by Crippen LogP contribution is 2.46. The van der Waals surface area contributed by atoms with E-state index in [0.29, 0.717) is 11.7 Å². The number of nitro groups is 1. The van der Waals surface area contributed by atoms with Crippen LogP contribution in [-0.2, 0) is 0 Å². The number of nitrogens with zero attached hydrogens (tertiary/aromatic N) is 1. The Bertz CT molecular complexity index is 483. The molecule has 1 saturated carbocycles. The zero-order valence-corrected chi connectivity index (χ0v) is 9.09. The summed E-state index contributed by atoms with van der Waals surface area (Å²) in [7, 11) is 0. The molecule has 0 saturated heterocycles. The van der Waals surface area contributed by atoms with Crippen molar-refractivity contribution in [1.29, 1.82) is 0 Å². The predicted octanol–water partition coefficient (Wildman–Crippen LogP) is 1.53. The second-order valence-corrected chi connectivity index (χ2v) is 4.46. The molecule has 1 aliphatic carbocycles. The minimum absolute atomic E-state index is 0.0181. The number of ether oxygens (including phenoxy) is 2. The van der Waals surface area contributed by atoms with Crippen LogP contribution in [0.25, 0.3) is 0 Å². The number of hydrogen-bond donors (Lipinski definition) is 1. The van der Waals surface area contributed by atoms with Crippen LogP contribution in [0.3, 0.4) is 0 Å². The second-order valence-electron chi connectivity index (χ2n) is 4.46. The molecule has 1 aromatic carbocycles. The summed E-state index contributed by atoms with van der Waals surface area (Å²) in [5, 5.41) is 11.0. The van der Waals surface area contributed by atoms with E-state index in [0.717, 1.165) is 18.4 Å². The van der Waals surface area contributed by atoms with E-state index in [9.17, 15) is 10.1 Å². The highest BCUT2D eigenvalue weighted by molar-refractivity contribution is 5.60. The van der Waals surface area contributed by atoms with Crippen molar-refractivity contribution in [2.24, 2.45) is 5.73 Å². The Labute approximate surface area is 97.5 Å². The first-order valence-corrected chi connectivity index (χ1v) is 5.48. The van der Waals surface area contributed by atoms with Crippen molar-refractivity contribution in [3.8, 4) is 11.5 Å². The van der Waals surface area contributed by atoms with Crippen molar-refractivity contribution < 1.29 is 14.4 Å². The zero-order chi connectivity index (χ0) is 12.0. The molecule has 6 heteroatoms. The van der Waals surface area contributed by atoms with Crippen molar-refractivity contribution in [1.82, 2.24) is 0 Å². The lowest BCUT2D eigenvalue weighted by atomic mass is 9.76. The normalized spacial score (nSPS) is 25.5. The lowest BCUT2D eigenvalue weighted by Gasteiger charge is -2.32. The first-order chi connectivity index (χ1) is 8.15. The Kier molecular flexibility index (Phi) is 2.19. The summed E-state index contributed by atoms with van der Waals surface area (Å²) in [5.74, 6) is 1.01. The van der Waals surface area contributed by atoms with Crippen LogP contribution in [0.2, 0.25) is 0 Å². The fourth-order valence-electron chi connectivity index (χ4n) is 2.32. The summed E-state index contributed by atoms with van der Waals surface area (Å²) < 4.78 is 10.3. The van der Waals surface area contributed by atoms with Crippen LogP contribution in [0.1, 0.15) is 24.3 Å². The van der Waals surface area contributed by atoms with Crippen LogP contribution in [0.15, 0.2) is 12.1 Å². The molecule has 1 fully saturated rings. The number of rotatable bonds is 2. The van der Waals surface area contributed by atoms with Gasteiger partial charge in [-0.1, -0.05) is 0 Å². The van der Waals surface area contributed by atoms with Crippen LogP contribution in [0.4, 0.5) is 5.69 Å². The molecule has 17 heavy (non-hydrogen) atoms. The van der Waals surface area contributed by atoms with Gasteiger partial charge in [0.25, 0.3) is 0 Å². The monoisotopic (exact) mass is 236 g/mol. The Morgan fingerprint density at radius 3 is 2.76 bits per heavy atom. The molecule has 0 atom stereocenters. The van der Waals surface area contributed by atoms with E-state index >= 15 is 0 Å². The third-order valence-corrected chi connectivity index (χ3v) is 3.32. The van der Waals surface area contributed by atoms with Gasteiger partial charge in [-0.25, -0.2) is 0 Å². The molecule has 0 spiro atoms. The maximum Gasteiger partial charge on any atom is 0.315 e. The van der Waals surface area contributed by atoms with Crippen LogP contribution in [0.5, 0.6) is 11.5 Å². The Morgan fingerprint density at radius 1 is 1.35 bits per heavy atom. The Morgan fingerprint density at radius 2 is 2.12 bits per heavy atom. The van der Waals surface area contributed by atoms with Gasteiger partial charge in [-0.05, 0) is 30.4 Å². The van der Waals surface area contributed by atoms with E-state index in [2.05, 4.69) is 0 Å². The van der Waals surface area contributed by atoms with Gasteiger partial charge in [0.2, 0.25) is 12.5 Å². The van der Waals surface area contributed by atoms with Gasteiger partial charge in [0.15, 0.2) is 5.75 Å². The molecular formula is C11H12N2O4. The predicted molar refractivity (Wildman–Crippen MR) is 59.2 cm³/mol. The largest absolute Gasteiger partial charge is 0.453 e. The lowest BCUT2D eigenvalue weighted by molar-refractivity contribution is -0.385. The van der Waals surface area contributed by atoms with Crippen LogP contribution in [0, 0.1) is 10.1 Å². The number of benzene rings is 1. The van der Waals surface area contributed by atoms with Gasteiger partial charge < -0.3 is 15.2 Å². The quantitative estimate of drug-likeness (QED) is 0.621. The van der Waals surface area contributed by atoms with Crippen molar-refractivity contribution in [2.75, 3.05) is 6.79 Å². The van der Waals surface area contributed by atoms with Gasteiger partial charge in [-0.2, -0.15) is 0 Å². The first kappa shape index (κ1) is 10.3. The van der Waals surface area contributed by atoms with E-state index in [4.69, 9.17) is 15.2 Å². The van der Waals surface area contributed by atoms with Gasteiger partial charge >= 0.3 is 5.69 Å². The number of nitro benzene ring substituents is 1. The first-order valence-electron chi connectivity index (χ1n) is 5.48. The zero-order valence-electron chi connectivity index (χ0n) is 9.09. The number of nitrogens with two attached hydrogens (primary N) is 1. The van der Waals surface area contributed by atoms with Crippen molar-refractivity contribution in [3.05, 3.63) is 27.8 Å². The highest BCUT2D eigenvalue weighted by atomic mass is 16.7. The molecule has 0 unspecified atom stereocenters. The SMILES string of the molecule is NC1CC(c2cc3c(c([N+](=O)[O-])c2)OCO3)C1. The molecule has 0 radical (unpaired) electrons. The topological polar surface area (TPSA) is 87.6 Å². The fraction of sp³-hybridized carbons (Fsp3) is 0.455. The molecule has 6 nitrogen and oxygen atoms in total. The smallest absolute Gasteiger partial charge is 0.315 e. The van der Waals surface area contributed by atoms with Crippen LogP contribution < -0.4 is 15.2 Å². The molecular weight excluding hydrogens is 224 g/mol. The fourth-order valence-corrected chi connectivity index (χ4v) is 2.32. The molecule has 90 valence electrons. The van der Waals surface area contributed by atoms with E-state index < -0.39 is 4.92 Å². The van der Waals surface area contributed by atoms with E-state index in [1.54, 1.807) is 6.07 Å². The Hall–Kier alpha value is -1.82. The van der Waals surface area contributed by atoms with Gasteiger partial charge in [-0.15, -0.1) is 0 Å². The number of hydrogen-bond acceptors (Lipinski definition) is 5. The van der Waals surface area contributed by atoms with Gasteiger partial charge in [-0.3, -0.25) is 10.1 Å². The average Bonchev–Trinajstić information content (AvgIpc) is 2.70. The summed E-state index contributed by atoms with van der Waals surface area (Å²) in [4.78, 5) is 10.5. The summed E-state index contributed by atoms with van der Waals surface area (Å²) >= 11 is 0. The maximum absolute atomic E-state index is 11.0.